The van der Waals surface area contributed by atoms with Gasteiger partial charge >= 0.3 is 0 Å². The van der Waals surface area contributed by atoms with Crippen LogP contribution in [0, 0.1) is 12.3 Å². The summed E-state index contributed by atoms with van der Waals surface area (Å²) < 4.78 is 10.1. The van der Waals surface area contributed by atoms with E-state index in [4.69, 9.17) is 21.6 Å². The van der Waals surface area contributed by atoms with Gasteiger partial charge in [-0.2, -0.15) is 0 Å². The van der Waals surface area contributed by atoms with E-state index in [1.54, 1.807) is 0 Å². The van der Waals surface area contributed by atoms with Gasteiger partial charge in [-0.15, -0.1) is 6.42 Å². The molecule has 0 heterocycles. The molecule has 0 rings (SSSR count). The van der Waals surface area contributed by atoms with Gasteiger partial charge in [0.25, 0.3) is 0 Å². The Bertz CT molecular complexity index is 174. The van der Waals surface area contributed by atoms with Gasteiger partial charge in [-0.05, 0) is 6.42 Å². The molecule has 0 saturated carbocycles. The van der Waals surface area contributed by atoms with Crippen LogP contribution in [0.1, 0.15) is 12.8 Å². The fraction of sp³-hybridized carbons (Fsp3) is 0.667. The number of carbonyl (C=O) groups is 1. The summed E-state index contributed by atoms with van der Waals surface area (Å²) >= 11 is 0. The zero-order valence-electron chi connectivity index (χ0n) is 7.62. The van der Waals surface area contributed by atoms with Crippen molar-refractivity contribution in [1.29, 1.82) is 0 Å². The van der Waals surface area contributed by atoms with Gasteiger partial charge in [0.05, 0.1) is 13.2 Å². The Morgan fingerprint density at radius 1 is 1.31 bits per heavy atom. The highest BCUT2D eigenvalue weighted by atomic mass is 16.5. The zero-order valence-corrected chi connectivity index (χ0v) is 7.62. The van der Waals surface area contributed by atoms with Crippen molar-refractivity contribution in [2.24, 2.45) is 5.73 Å². The van der Waals surface area contributed by atoms with Gasteiger partial charge in [-0.1, -0.05) is 5.92 Å². The van der Waals surface area contributed by atoms with Gasteiger partial charge in [-0.25, -0.2) is 0 Å². The number of carbonyl (C=O) groups excluding carboxylic acids is 1. The Morgan fingerprint density at radius 3 is 2.62 bits per heavy atom. The minimum absolute atomic E-state index is 0.299. The summed E-state index contributed by atoms with van der Waals surface area (Å²) in [6.45, 7) is 1.83. The molecule has 0 unspecified atom stereocenters. The average molecular weight is 185 g/mol. The fourth-order valence-electron chi connectivity index (χ4n) is 0.699. The molecular formula is C9H15NO3. The number of terminal acetylenes is 1. The normalized spacial score (nSPS) is 9.46. The van der Waals surface area contributed by atoms with E-state index in [1.165, 1.54) is 0 Å². The van der Waals surface area contributed by atoms with Crippen LogP contribution in [0.15, 0.2) is 0 Å². The SMILES string of the molecule is C#CCOCCOCCCC(N)=O. The number of rotatable bonds is 8. The van der Waals surface area contributed by atoms with E-state index in [0.29, 0.717) is 39.3 Å². The van der Waals surface area contributed by atoms with Crippen LogP contribution in [0.2, 0.25) is 0 Å². The number of nitrogens with two attached hydrogens (primary N) is 1. The van der Waals surface area contributed by atoms with Gasteiger partial charge in [-0.3, -0.25) is 4.79 Å². The molecule has 4 nitrogen and oxygen atoms in total. The topological polar surface area (TPSA) is 61.6 Å². The first kappa shape index (κ1) is 11.9. The quantitative estimate of drug-likeness (QED) is 0.425. The summed E-state index contributed by atoms with van der Waals surface area (Å²) in [6, 6.07) is 0. The van der Waals surface area contributed by atoms with Crippen molar-refractivity contribution >= 4 is 5.91 Å². The Hall–Kier alpha value is -1.05. The van der Waals surface area contributed by atoms with Crippen LogP contribution in [0.25, 0.3) is 0 Å². The first-order valence-corrected chi connectivity index (χ1v) is 4.14. The van der Waals surface area contributed by atoms with Crippen LogP contribution in [0.5, 0.6) is 0 Å². The molecule has 0 spiro atoms. The van der Waals surface area contributed by atoms with Gasteiger partial charge in [0.15, 0.2) is 0 Å². The molecule has 1 amide bonds. The Balaban J connectivity index is 2.92. The molecule has 74 valence electrons. The third-order valence-electron chi connectivity index (χ3n) is 1.27. The standard InChI is InChI=1S/C9H15NO3/c1-2-5-12-7-8-13-6-3-4-9(10)11/h1H,3-8H2,(H2,10,11). The number of amides is 1. The fourth-order valence-corrected chi connectivity index (χ4v) is 0.699. The van der Waals surface area contributed by atoms with Crippen molar-refractivity contribution in [2.75, 3.05) is 26.4 Å². The molecular weight excluding hydrogens is 170 g/mol. The maximum Gasteiger partial charge on any atom is 0.217 e. The molecule has 0 aliphatic carbocycles. The van der Waals surface area contributed by atoms with Crippen molar-refractivity contribution in [1.82, 2.24) is 0 Å². The first-order chi connectivity index (χ1) is 6.27. The third kappa shape index (κ3) is 10.9. The molecule has 0 aromatic carbocycles. The minimum Gasteiger partial charge on any atom is -0.379 e. The van der Waals surface area contributed by atoms with Gasteiger partial charge in [0.2, 0.25) is 5.91 Å². The predicted molar refractivity (Wildman–Crippen MR) is 48.9 cm³/mol. The molecule has 0 atom stereocenters. The van der Waals surface area contributed by atoms with E-state index < -0.39 is 0 Å². The van der Waals surface area contributed by atoms with Crippen LogP contribution in [-0.4, -0.2) is 32.3 Å². The molecule has 0 fully saturated rings. The molecule has 0 aliphatic heterocycles. The van der Waals surface area contributed by atoms with Crippen molar-refractivity contribution in [3.8, 4) is 12.3 Å². The smallest absolute Gasteiger partial charge is 0.217 e. The lowest BCUT2D eigenvalue weighted by atomic mass is 10.3. The molecule has 0 aromatic rings. The second-order valence-electron chi connectivity index (χ2n) is 2.44. The molecule has 13 heavy (non-hydrogen) atoms. The zero-order chi connectivity index (χ0) is 9.94. The van der Waals surface area contributed by atoms with Crippen LogP contribution >= 0.6 is 0 Å². The number of primary amides is 1. The molecule has 4 heteroatoms. The minimum atomic E-state index is -0.299. The number of ether oxygens (including phenoxy) is 2. The highest BCUT2D eigenvalue weighted by molar-refractivity contribution is 5.73. The molecule has 0 aliphatic rings. The number of hydrogen-bond acceptors (Lipinski definition) is 3. The van der Waals surface area contributed by atoms with E-state index in [0.717, 1.165) is 0 Å². The largest absolute Gasteiger partial charge is 0.379 e. The summed E-state index contributed by atoms with van der Waals surface area (Å²) in [5, 5.41) is 0. The lowest BCUT2D eigenvalue weighted by molar-refractivity contribution is -0.118. The predicted octanol–water partition coefficient (Wildman–Crippen LogP) is -0.0817. The van der Waals surface area contributed by atoms with Crippen LogP contribution in [0.4, 0.5) is 0 Å². The highest BCUT2D eigenvalue weighted by Crippen LogP contribution is 1.88. The monoisotopic (exact) mass is 185 g/mol. The summed E-state index contributed by atoms with van der Waals surface area (Å²) in [6.07, 6.45) is 5.98. The van der Waals surface area contributed by atoms with Crippen LogP contribution in [-0.2, 0) is 14.3 Å². The Labute approximate surface area is 78.4 Å². The van der Waals surface area contributed by atoms with Crippen LogP contribution in [0.3, 0.4) is 0 Å². The summed E-state index contributed by atoms with van der Waals surface area (Å²) in [5.74, 6) is 2.05. The summed E-state index contributed by atoms with van der Waals surface area (Å²) in [4.78, 5) is 10.3. The first-order valence-electron chi connectivity index (χ1n) is 4.14. The van der Waals surface area contributed by atoms with Gasteiger partial charge in [0.1, 0.15) is 6.61 Å². The molecule has 0 saturated heterocycles. The molecule has 2 N–H and O–H groups in total. The van der Waals surface area contributed by atoms with E-state index in [2.05, 4.69) is 5.92 Å². The van der Waals surface area contributed by atoms with Crippen molar-refractivity contribution < 1.29 is 14.3 Å². The van der Waals surface area contributed by atoms with Gasteiger partial charge < -0.3 is 15.2 Å². The van der Waals surface area contributed by atoms with E-state index in [-0.39, 0.29) is 5.91 Å². The lowest BCUT2D eigenvalue weighted by Gasteiger charge is -2.02. The summed E-state index contributed by atoms with van der Waals surface area (Å²) in [7, 11) is 0. The van der Waals surface area contributed by atoms with Crippen molar-refractivity contribution in [3.05, 3.63) is 0 Å². The second-order valence-corrected chi connectivity index (χ2v) is 2.44. The maximum absolute atomic E-state index is 10.3. The molecule has 0 bridgehead atoms. The molecule has 0 aromatic heterocycles. The average Bonchev–Trinajstić information content (AvgIpc) is 2.09. The third-order valence-corrected chi connectivity index (χ3v) is 1.27. The second kappa shape index (κ2) is 9.04. The highest BCUT2D eigenvalue weighted by Gasteiger charge is 1.93. The molecule has 0 radical (unpaired) electrons. The van der Waals surface area contributed by atoms with Crippen LogP contribution < -0.4 is 5.73 Å². The lowest BCUT2D eigenvalue weighted by Crippen LogP contribution is -2.12. The number of hydrogen-bond donors (Lipinski definition) is 1. The van der Waals surface area contributed by atoms with E-state index in [1.807, 2.05) is 0 Å². The van der Waals surface area contributed by atoms with Gasteiger partial charge in [0, 0.05) is 13.0 Å². The van der Waals surface area contributed by atoms with E-state index in [9.17, 15) is 4.79 Å². The Kier molecular flexibility index (Phi) is 8.31. The van der Waals surface area contributed by atoms with Crippen molar-refractivity contribution in [2.45, 2.75) is 12.8 Å². The summed E-state index contributed by atoms with van der Waals surface area (Å²) in [5.41, 5.74) is 4.93. The van der Waals surface area contributed by atoms with E-state index >= 15 is 0 Å². The van der Waals surface area contributed by atoms with Crippen molar-refractivity contribution in [3.63, 3.8) is 0 Å². The Morgan fingerprint density at radius 2 is 2.00 bits per heavy atom. The maximum atomic E-state index is 10.3.